The Morgan fingerprint density at radius 2 is 2.00 bits per heavy atom. The molecule has 16 heavy (non-hydrogen) atoms. The molecule has 0 radical (unpaired) electrons. The summed E-state index contributed by atoms with van der Waals surface area (Å²) in [5.41, 5.74) is 2.42. The van der Waals surface area contributed by atoms with E-state index in [1.165, 1.54) is 24.3 Å². The number of hydrogen-bond donors (Lipinski definition) is 1. The van der Waals surface area contributed by atoms with E-state index in [0.29, 0.717) is 0 Å². The van der Waals surface area contributed by atoms with Gasteiger partial charge in [-0.3, -0.25) is 0 Å². The molecule has 1 rings (SSSR count). The molecule has 3 heteroatoms. The molecular weight excluding hydrogens is 202 g/mol. The SMILES string of the molecule is COC(=O)/C=C/N[C@H](C)c1ccc(C)cc1. The van der Waals surface area contributed by atoms with Gasteiger partial charge in [-0.05, 0) is 19.4 Å². The zero-order chi connectivity index (χ0) is 12.0. The average Bonchev–Trinajstić information content (AvgIpc) is 2.29. The van der Waals surface area contributed by atoms with E-state index in [1.807, 2.05) is 6.92 Å². The summed E-state index contributed by atoms with van der Waals surface area (Å²) < 4.78 is 4.49. The standard InChI is InChI=1S/C13H17NO2/c1-10-4-6-12(7-5-10)11(2)14-9-8-13(15)16-3/h4-9,11,14H,1-3H3/b9-8+/t11-/m1/s1. The quantitative estimate of drug-likeness (QED) is 0.624. The molecule has 0 heterocycles. The van der Waals surface area contributed by atoms with Crippen LogP contribution < -0.4 is 5.32 Å². The molecule has 0 saturated heterocycles. The van der Waals surface area contributed by atoms with Gasteiger partial charge in [0.25, 0.3) is 0 Å². The predicted molar refractivity (Wildman–Crippen MR) is 63.9 cm³/mol. The number of nitrogens with one attached hydrogen (secondary N) is 1. The van der Waals surface area contributed by atoms with E-state index in [1.54, 1.807) is 6.20 Å². The fourth-order valence-corrected chi connectivity index (χ4v) is 1.28. The van der Waals surface area contributed by atoms with E-state index in [4.69, 9.17) is 0 Å². The van der Waals surface area contributed by atoms with Crippen LogP contribution in [0.5, 0.6) is 0 Å². The molecule has 0 aliphatic heterocycles. The van der Waals surface area contributed by atoms with Gasteiger partial charge in [-0.15, -0.1) is 0 Å². The highest BCUT2D eigenvalue weighted by molar-refractivity contribution is 5.81. The zero-order valence-corrected chi connectivity index (χ0v) is 9.86. The second kappa shape index (κ2) is 5.95. The summed E-state index contributed by atoms with van der Waals surface area (Å²) in [5, 5.41) is 3.10. The van der Waals surface area contributed by atoms with E-state index < -0.39 is 0 Å². The maximum absolute atomic E-state index is 10.8. The lowest BCUT2D eigenvalue weighted by atomic mass is 10.1. The monoisotopic (exact) mass is 219 g/mol. The van der Waals surface area contributed by atoms with E-state index in [0.717, 1.165) is 0 Å². The van der Waals surface area contributed by atoms with Crippen LogP contribution in [0.2, 0.25) is 0 Å². The summed E-state index contributed by atoms with van der Waals surface area (Å²) in [6, 6.07) is 8.44. The summed E-state index contributed by atoms with van der Waals surface area (Å²) in [6.07, 6.45) is 2.97. The van der Waals surface area contributed by atoms with Gasteiger partial charge in [0, 0.05) is 18.3 Å². The van der Waals surface area contributed by atoms with Crippen LogP contribution in [0.1, 0.15) is 24.1 Å². The third-order valence-corrected chi connectivity index (χ3v) is 2.34. The fraction of sp³-hybridized carbons (Fsp3) is 0.308. The van der Waals surface area contributed by atoms with Crippen molar-refractivity contribution in [2.45, 2.75) is 19.9 Å². The fourth-order valence-electron chi connectivity index (χ4n) is 1.28. The van der Waals surface area contributed by atoms with Crippen LogP contribution in [-0.4, -0.2) is 13.1 Å². The Labute approximate surface area is 96.1 Å². The molecule has 0 bridgehead atoms. The van der Waals surface area contributed by atoms with Crippen molar-refractivity contribution in [2.24, 2.45) is 0 Å². The topological polar surface area (TPSA) is 38.3 Å². The highest BCUT2D eigenvalue weighted by Gasteiger charge is 2.01. The molecule has 0 unspecified atom stereocenters. The minimum Gasteiger partial charge on any atom is -0.466 e. The number of esters is 1. The summed E-state index contributed by atoms with van der Waals surface area (Å²) in [7, 11) is 1.36. The second-order valence-corrected chi connectivity index (χ2v) is 3.66. The number of rotatable bonds is 4. The van der Waals surface area contributed by atoms with Gasteiger partial charge in [0.15, 0.2) is 0 Å². The van der Waals surface area contributed by atoms with Crippen molar-refractivity contribution in [1.82, 2.24) is 5.32 Å². The number of carbonyl (C=O) groups is 1. The molecule has 0 amide bonds. The van der Waals surface area contributed by atoms with Crippen molar-refractivity contribution in [3.8, 4) is 0 Å². The lowest BCUT2D eigenvalue weighted by Crippen LogP contribution is -2.12. The highest BCUT2D eigenvalue weighted by atomic mass is 16.5. The number of ether oxygens (including phenoxy) is 1. The molecule has 86 valence electrons. The van der Waals surface area contributed by atoms with Gasteiger partial charge in [-0.1, -0.05) is 29.8 Å². The molecule has 1 atom stereocenters. The first-order valence-electron chi connectivity index (χ1n) is 5.20. The van der Waals surface area contributed by atoms with Gasteiger partial charge >= 0.3 is 5.97 Å². The third-order valence-electron chi connectivity index (χ3n) is 2.34. The number of benzene rings is 1. The predicted octanol–water partition coefficient (Wildman–Crippen LogP) is 2.33. The van der Waals surface area contributed by atoms with E-state index in [-0.39, 0.29) is 12.0 Å². The molecule has 0 aromatic heterocycles. The normalized spacial score (nSPS) is 12.4. The van der Waals surface area contributed by atoms with Crippen molar-refractivity contribution in [3.05, 3.63) is 47.7 Å². The van der Waals surface area contributed by atoms with Crippen molar-refractivity contribution < 1.29 is 9.53 Å². The Morgan fingerprint density at radius 3 is 2.56 bits per heavy atom. The number of aryl methyl sites for hydroxylation is 1. The van der Waals surface area contributed by atoms with Gasteiger partial charge in [0.2, 0.25) is 0 Å². The first-order valence-corrected chi connectivity index (χ1v) is 5.20. The zero-order valence-electron chi connectivity index (χ0n) is 9.86. The van der Waals surface area contributed by atoms with Gasteiger partial charge in [-0.25, -0.2) is 4.79 Å². The molecule has 0 spiro atoms. The first-order chi connectivity index (χ1) is 7.63. The largest absolute Gasteiger partial charge is 0.466 e. The molecule has 0 aliphatic rings. The Hall–Kier alpha value is -1.77. The number of carbonyl (C=O) groups excluding carboxylic acids is 1. The number of methoxy groups -OCH3 is 1. The third kappa shape index (κ3) is 3.77. The van der Waals surface area contributed by atoms with Crippen molar-refractivity contribution in [3.63, 3.8) is 0 Å². The smallest absolute Gasteiger partial charge is 0.331 e. The van der Waals surface area contributed by atoms with Crippen molar-refractivity contribution >= 4 is 5.97 Å². The summed E-state index contributed by atoms with van der Waals surface area (Å²) in [6.45, 7) is 4.09. The van der Waals surface area contributed by atoms with Crippen LogP contribution in [-0.2, 0) is 9.53 Å². The van der Waals surface area contributed by atoms with Crippen LogP contribution in [0.4, 0.5) is 0 Å². The maximum Gasteiger partial charge on any atom is 0.331 e. The van der Waals surface area contributed by atoms with Crippen LogP contribution in [0.15, 0.2) is 36.5 Å². The summed E-state index contributed by atoms with van der Waals surface area (Å²) >= 11 is 0. The summed E-state index contributed by atoms with van der Waals surface area (Å²) in [5.74, 6) is -0.358. The Kier molecular flexibility index (Phi) is 4.58. The van der Waals surface area contributed by atoms with Crippen molar-refractivity contribution in [1.29, 1.82) is 0 Å². The lowest BCUT2D eigenvalue weighted by Gasteiger charge is -2.12. The van der Waals surface area contributed by atoms with E-state index >= 15 is 0 Å². The average molecular weight is 219 g/mol. The molecule has 0 aliphatic carbocycles. The molecule has 3 nitrogen and oxygen atoms in total. The van der Waals surface area contributed by atoms with Gasteiger partial charge in [0.05, 0.1) is 7.11 Å². The first kappa shape index (κ1) is 12.3. The Balaban J connectivity index is 2.52. The van der Waals surface area contributed by atoms with E-state index in [9.17, 15) is 4.79 Å². The lowest BCUT2D eigenvalue weighted by molar-refractivity contribution is -0.134. The molecular formula is C13H17NO2. The molecule has 1 aromatic carbocycles. The van der Waals surface area contributed by atoms with Crippen LogP contribution >= 0.6 is 0 Å². The Bertz CT molecular complexity index is 368. The highest BCUT2D eigenvalue weighted by Crippen LogP contribution is 2.12. The van der Waals surface area contributed by atoms with Crippen LogP contribution in [0, 0.1) is 6.92 Å². The van der Waals surface area contributed by atoms with Gasteiger partial charge < -0.3 is 10.1 Å². The van der Waals surface area contributed by atoms with E-state index in [2.05, 4.69) is 41.2 Å². The number of hydrogen-bond acceptors (Lipinski definition) is 3. The maximum atomic E-state index is 10.8. The van der Waals surface area contributed by atoms with Gasteiger partial charge in [-0.2, -0.15) is 0 Å². The molecule has 0 saturated carbocycles. The molecule has 1 N–H and O–H groups in total. The molecule has 0 fully saturated rings. The van der Waals surface area contributed by atoms with Crippen LogP contribution in [0.25, 0.3) is 0 Å². The van der Waals surface area contributed by atoms with Crippen molar-refractivity contribution in [2.75, 3.05) is 7.11 Å². The van der Waals surface area contributed by atoms with Gasteiger partial charge in [0.1, 0.15) is 0 Å². The second-order valence-electron chi connectivity index (χ2n) is 3.66. The minimum atomic E-state index is -0.358. The Morgan fingerprint density at radius 1 is 1.38 bits per heavy atom. The van der Waals surface area contributed by atoms with Crippen LogP contribution in [0.3, 0.4) is 0 Å². The summed E-state index contributed by atoms with van der Waals surface area (Å²) in [4.78, 5) is 10.8. The minimum absolute atomic E-state index is 0.168. The molecule has 1 aromatic rings.